The van der Waals surface area contributed by atoms with E-state index in [9.17, 15) is 14.9 Å². The number of aromatic nitrogens is 1. The average Bonchev–Trinajstić information content (AvgIpc) is 2.38. The molecular weight excluding hydrogens is 254 g/mol. The summed E-state index contributed by atoms with van der Waals surface area (Å²) in [5.41, 5.74) is 5.22. The lowest BCUT2D eigenvalue weighted by Gasteiger charge is -2.34. The van der Waals surface area contributed by atoms with Crippen LogP contribution in [0.4, 0.5) is 17.3 Å². The Bertz CT molecular complexity index is 521. The number of aliphatic carboxylic acids is 1. The molecule has 1 saturated heterocycles. The zero-order valence-corrected chi connectivity index (χ0v) is 9.94. The highest BCUT2D eigenvalue weighted by Crippen LogP contribution is 2.24. The number of pyridine rings is 1. The Morgan fingerprint density at radius 2 is 2.37 bits per heavy atom. The van der Waals surface area contributed by atoms with E-state index >= 15 is 0 Å². The maximum atomic E-state index is 11.1. The van der Waals surface area contributed by atoms with Crippen molar-refractivity contribution in [1.82, 2.24) is 10.3 Å². The molecule has 102 valence electrons. The van der Waals surface area contributed by atoms with Gasteiger partial charge in [0.15, 0.2) is 0 Å². The molecular formula is C10H13N5O4. The number of nitro groups is 1. The van der Waals surface area contributed by atoms with Crippen LogP contribution in [-0.2, 0) is 4.79 Å². The number of rotatable bonds is 3. The number of nitrogen functional groups attached to an aromatic ring is 1. The molecule has 1 fully saturated rings. The SMILES string of the molecule is Nc1nc(N2CCNCC2C(=O)O)ccc1[N+](=O)[O-]. The van der Waals surface area contributed by atoms with Gasteiger partial charge in [-0.3, -0.25) is 10.1 Å². The third kappa shape index (κ3) is 2.55. The van der Waals surface area contributed by atoms with E-state index in [1.165, 1.54) is 12.1 Å². The zero-order chi connectivity index (χ0) is 14.0. The molecule has 0 spiro atoms. The zero-order valence-electron chi connectivity index (χ0n) is 9.94. The first kappa shape index (κ1) is 13.0. The summed E-state index contributed by atoms with van der Waals surface area (Å²) >= 11 is 0. The maximum Gasteiger partial charge on any atom is 0.327 e. The number of piperazine rings is 1. The van der Waals surface area contributed by atoms with E-state index in [1.807, 2.05) is 0 Å². The molecule has 1 unspecified atom stereocenters. The molecule has 1 aromatic heterocycles. The van der Waals surface area contributed by atoms with Crippen LogP contribution in [0.25, 0.3) is 0 Å². The Labute approximate surface area is 108 Å². The van der Waals surface area contributed by atoms with Gasteiger partial charge in [-0.2, -0.15) is 0 Å². The predicted molar refractivity (Wildman–Crippen MR) is 66.9 cm³/mol. The van der Waals surface area contributed by atoms with Crippen LogP contribution >= 0.6 is 0 Å². The first-order valence-corrected chi connectivity index (χ1v) is 5.62. The van der Waals surface area contributed by atoms with Crippen molar-refractivity contribution in [2.45, 2.75) is 6.04 Å². The first-order valence-electron chi connectivity index (χ1n) is 5.62. The maximum absolute atomic E-state index is 11.1. The molecule has 4 N–H and O–H groups in total. The minimum absolute atomic E-state index is 0.217. The fraction of sp³-hybridized carbons (Fsp3) is 0.400. The third-order valence-corrected chi connectivity index (χ3v) is 2.91. The van der Waals surface area contributed by atoms with Crippen molar-refractivity contribution in [1.29, 1.82) is 0 Å². The van der Waals surface area contributed by atoms with Crippen LogP contribution in [0.5, 0.6) is 0 Å². The molecule has 1 aromatic rings. The fourth-order valence-corrected chi connectivity index (χ4v) is 1.97. The number of hydrogen-bond donors (Lipinski definition) is 3. The Hall–Kier alpha value is -2.42. The summed E-state index contributed by atoms with van der Waals surface area (Å²) < 4.78 is 0. The van der Waals surface area contributed by atoms with Crippen LogP contribution in [0, 0.1) is 10.1 Å². The summed E-state index contributed by atoms with van der Waals surface area (Å²) in [5, 5.41) is 22.8. The van der Waals surface area contributed by atoms with Crippen LogP contribution in [0.3, 0.4) is 0 Å². The number of hydrogen-bond acceptors (Lipinski definition) is 7. The molecule has 0 aliphatic carbocycles. The van der Waals surface area contributed by atoms with Crippen molar-refractivity contribution in [3.63, 3.8) is 0 Å². The van der Waals surface area contributed by atoms with Crippen molar-refractivity contribution in [2.24, 2.45) is 0 Å². The summed E-state index contributed by atoms with van der Waals surface area (Å²) in [4.78, 5) is 26.7. The Morgan fingerprint density at radius 3 is 2.95 bits per heavy atom. The fourth-order valence-electron chi connectivity index (χ4n) is 1.97. The van der Waals surface area contributed by atoms with E-state index in [0.717, 1.165) is 0 Å². The molecule has 19 heavy (non-hydrogen) atoms. The highest BCUT2D eigenvalue weighted by Gasteiger charge is 2.30. The topological polar surface area (TPSA) is 135 Å². The van der Waals surface area contributed by atoms with Crippen molar-refractivity contribution < 1.29 is 14.8 Å². The van der Waals surface area contributed by atoms with Gasteiger partial charge < -0.3 is 21.1 Å². The number of nitrogens with two attached hydrogens (primary N) is 1. The molecule has 0 radical (unpaired) electrons. The summed E-state index contributed by atoms with van der Waals surface area (Å²) in [6.07, 6.45) is 0. The second kappa shape index (κ2) is 5.06. The number of carbonyl (C=O) groups is 1. The highest BCUT2D eigenvalue weighted by molar-refractivity contribution is 5.78. The summed E-state index contributed by atoms with van der Waals surface area (Å²) in [6, 6.07) is 1.89. The molecule has 0 amide bonds. The van der Waals surface area contributed by atoms with Crippen LogP contribution in [0.2, 0.25) is 0 Å². The van der Waals surface area contributed by atoms with E-state index in [1.54, 1.807) is 4.90 Å². The highest BCUT2D eigenvalue weighted by atomic mass is 16.6. The molecule has 1 aliphatic heterocycles. The van der Waals surface area contributed by atoms with Crippen LogP contribution in [0.15, 0.2) is 12.1 Å². The van der Waals surface area contributed by atoms with Gasteiger partial charge in [0.25, 0.3) is 0 Å². The molecule has 1 atom stereocenters. The van der Waals surface area contributed by atoms with Gasteiger partial charge in [0.05, 0.1) is 4.92 Å². The molecule has 2 rings (SSSR count). The lowest BCUT2D eigenvalue weighted by Crippen LogP contribution is -2.55. The predicted octanol–water partition coefficient (Wildman–Crippen LogP) is -0.565. The van der Waals surface area contributed by atoms with Gasteiger partial charge in [0.2, 0.25) is 5.82 Å². The minimum atomic E-state index is -0.981. The number of anilines is 2. The second-order valence-corrected chi connectivity index (χ2v) is 4.08. The van der Waals surface area contributed by atoms with Crippen LogP contribution < -0.4 is 16.0 Å². The molecule has 0 aromatic carbocycles. The van der Waals surface area contributed by atoms with E-state index in [-0.39, 0.29) is 18.1 Å². The van der Waals surface area contributed by atoms with E-state index in [4.69, 9.17) is 10.8 Å². The lowest BCUT2D eigenvalue weighted by molar-refractivity contribution is -0.384. The third-order valence-electron chi connectivity index (χ3n) is 2.91. The number of nitrogens with one attached hydrogen (secondary N) is 1. The van der Waals surface area contributed by atoms with Crippen molar-refractivity contribution in [3.05, 3.63) is 22.2 Å². The van der Waals surface area contributed by atoms with Gasteiger partial charge in [-0.05, 0) is 6.07 Å². The van der Waals surface area contributed by atoms with Crippen molar-refractivity contribution in [2.75, 3.05) is 30.3 Å². The number of carboxylic acids is 1. The van der Waals surface area contributed by atoms with Gasteiger partial charge in [-0.25, -0.2) is 9.78 Å². The number of carboxylic acid groups (broad SMARTS) is 1. The normalized spacial score (nSPS) is 19.2. The van der Waals surface area contributed by atoms with Gasteiger partial charge in [0, 0.05) is 25.7 Å². The summed E-state index contributed by atoms with van der Waals surface area (Å²) in [5.74, 6) is -0.868. The molecule has 1 aliphatic rings. The van der Waals surface area contributed by atoms with Gasteiger partial charge >= 0.3 is 11.7 Å². The summed E-state index contributed by atoms with van der Waals surface area (Å²) in [6.45, 7) is 1.34. The molecule has 9 nitrogen and oxygen atoms in total. The Balaban J connectivity index is 2.32. The van der Waals surface area contributed by atoms with E-state index < -0.39 is 16.9 Å². The molecule has 2 heterocycles. The van der Waals surface area contributed by atoms with E-state index in [0.29, 0.717) is 18.9 Å². The second-order valence-electron chi connectivity index (χ2n) is 4.08. The van der Waals surface area contributed by atoms with Gasteiger partial charge in [0.1, 0.15) is 11.9 Å². The Kier molecular flexibility index (Phi) is 3.47. The van der Waals surface area contributed by atoms with E-state index in [2.05, 4.69) is 10.3 Å². The van der Waals surface area contributed by atoms with Gasteiger partial charge in [-0.1, -0.05) is 0 Å². The van der Waals surface area contributed by atoms with Crippen LogP contribution in [-0.4, -0.2) is 46.7 Å². The van der Waals surface area contributed by atoms with Crippen molar-refractivity contribution in [3.8, 4) is 0 Å². The smallest absolute Gasteiger partial charge is 0.327 e. The van der Waals surface area contributed by atoms with Gasteiger partial charge in [-0.15, -0.1) is 0 Å². The largest absolute Gasteiger partial charge is 0.480 e. The lowest BCUT2D eigenvalue weighted by atomic mass is 10.2. The standard InChI is InChI=1S/C10H13N5O4/c11-9-6(15(18)19)1-2-8(13-9)14-4-3-12-5-7(14)10(16)17/h1-2,7,12H,3-5H2,(H2,11,13)(H,16,17). The van der Waals surface area contributed by atoms with Crippen molar-refractivity contribution >= 4 is 23.3 Å². The molecule has 0 bridgehead atoms. The minimum Gasteiger partial charge on any atom is -0.480 e. The average molecular weight is 267 g/mol. The Morgan fingerprint density at radius 1 is 1.63 bits per heavy atom. The monoisotopic (exact) mass is 267 g/mol. The molecule has 0 saturated carbocycles. The molecule has 9 heteroatoms. The van der Waals surface area contributed by atoms with Crippen LogP contribution in [0.1, 0.15) is 0 Å². The summed E-state index contributed by atoms with van der Waals surface area (Å²) in [7, 11) is 0. The number of nitrogens with zero attached hydrogens (tertiary/aromatic N) is 3. The first-order chi connectivity index (χ1) is 9.00. The quantitative estimate of drug-likeness (QED) is 0.489.